The molecule has 0 rings (SSSR count). The molecular formula is C8H8N6O5. The SMILES string of the molecule is N#COCNC(=O)N(COC#N)C(=O)NCOC#N. The Morgan fingerprint density at radius 2 is 1.32 bits per heavy atom. The number of nitriles is 3. The second kappa shape index (κ2) is 9.81. The summed E-state index contributed by atoms with van der Waals surface area (Å²) in [5.41, 5.74) is 0. The molecule has 0 radical (unpaired) electrons. The summed E-state index contributed by atoms with van der Waals surface area (Å²) in [4.78, 5) is 23.4. The molecule has 11 nitrogen and oxygen atoms in total. The second-order valence-electron chi connectivity index (χ2n) is 2.52. The summed E-state index contributed by atoms with van der Waals surface area (Å²) in [6, 6.07) is -1.94. The molecule has 11 heteroatoms. The average molecular weight is 268 g/mol. The van der Waals surface area contributed by atoms with E-state index in [2.05, 4.69) is 24.8 Å². The van der Waals surface area contributed by atoms with E-state index in [1.807, 2.05) is 0 Å². The van der Waals surface area contributed by atoms with Crippen molar-refractivity contribution in [3.8, 4) is 18.8 Å². The van der Waals surface area contributed by atoms with Gasteiger partial charge in [0, 0.05) is 0 Å². The molecule has 2 N–H and O–H groups in total. The van der Waals surface area contributed by atoms with Gasteiger partial charge in [-0.15, -0.1) is 0 Å². The fourth-order valence-electron chi connectivity index (χ4n) is 0.754. The van der Waals surface area contributed by atoms with Gasteiger partial charge in [-0.1, -0.05) is 0 Å². The first-order chi connectivity index (χ1) is 9.17. The maximum absolute atomic E-state index is 11.5. The van der Waals surface area contributed by atoms with Gasteiger partial charge in [0.05, 0.1) is 0 Å². The minimum absolute atomic E-state index is 0.458. The molecule has 0 spiro atoms. The normalized spacial score (nSPS) is 7.84. The van der Waals surface area contributed by atoms with Gasteiger partial charge < -0.3 is 24.8 Å². The monoisotopic (exact) mass is 268 g/mol. The van der Waals surface area contributed by atoms with Crippen molar-refractivity contribution in [3.63, 3.8) is 0 Å². The maximum atomic E-state index is 11.5. The minimum Gasteiger partial charge on any atom is -0.405 e. The van der Waals surface area contributed by atoms with Crippen molar-refractivity contribution in [1.29, 1.82) is 15.8 Å². The van der Waals surface area contributed by atoms with Gasteiger partial charge in [-0.05, 0) is 0 Å². The summed E-state index contributed by atoms with van der Waals surface area (Å²) >= 11 is 0. The van der Waals surface area contributed by atoms with Gasteiger partial charge in [-0.25, -0.2) is 14.5 Å². The smallest absolute Gasteiger partial charge is 0.331 e. The molecule has 0 aromatic carbocycles. The number of nitrogens with one attached hydrogen (secondary N) is 2. The molecule has 0 aliphatic heterocycles. The molecule has 0 heterocycles. The van der Waals surface area contributed by atoms with E-state index in [4.69, 9.17) is 15.8 Å². The van der Waals surface area contributed by atoms with Gasteiger partial charge in [0.1, 0.15) is 0 Å². The third kappa shape index (κ3) is 6.71. The van der Waals surface area contributed by atoms with Crippen molar-refractivity contribution in [2.45, 2.75) is 0 Å². The third-order valence-electron chi connectivity index (χ3n) is 1.47. The van der Waals surface area contributed by atoms with Crippen LogP contribution in [-0.2, 0) is 14.2 Å². The molecule has 0 fully saturated rings. The highest BCUT2D eigenvalue weighted by molar-refractivity contribution is 5.93. The van der Waals surface area contributed by atoms with E-state index in [9.17, 15) is 9.59 Å². The lowest BCUT2D eigenvalue weighted by molar-refractivity contribution is 0.116. The van der Waals surface area contributed by atoms with Crippen molar-refractivity contribution in [2.75, 3.05) is 20.2 Å². The Bertz CT molecular complexity index is 400. The van der Waals surface area contributed by atoms with E-state index >= 15 is 0 Å². The van der Waals surface area contributed by atoms with E-state index in [1.165, 1.54) is 18.8 Å². The lowest BCUT2D eigenvalue weighted by atomic mass is 10.7. The number of nitrogens with zero attached hydrogens (tertiary/aromatic N) is 4. The van der Waals surface area contributed by atoms with E-state index < -0.39 is 32.3 Å². The van der Waals surface area contributed by atoms with Crippen LogP contribution in [-0.4, -0.2) is 37.2 Å². The molecule has 0 aliphatic rings. The number of ether oxygens (including phenoxy) is 3. The first-order valence-electron chi connectivity index (χ1n) is 4.53. The topological polar surface area (TPSA) is 160 Å². The van der Waals surface area contributed by atoms with Crippen LogP contribution in [0, 0.1) is 34.6 Å². The van der Waals surface area contributed by atoms with E-state index in [1.54, 1.807) is 0 Å². The number of urea groups is 2. The molecule has 0 aromatic rings. The van der Waals surface area contributed by atoms with Crippen LogP contribution in [0.2, 0.25) is 0 Å². The van der Waals surface area contributed by atoms with Gasteiger partial charge in [0.25, 0.3) is 18.8 Å². The standard InChI is InChI=1S/C8H8N6O5/c9-1-17-4-12-7(15)14(6-19-3-11)8(16)13-5-18-2-10/h4-6H2,(H,12,15)(H,13,16). The predicted molar refractivity (Wildman–Crippen MR) is 53.6 cm³/mol. The Morgan fingerprint density at radius 1 is 0.895 bits per heavy atom. The summed E-state index contributed by atoms with van der Waals surface area (Å²) < 4.78 is 12.6. The van der Waals surface area contributed by atoms with Crippen LogP contribution < -0.4 is 10.6 Å². The molecule has 100 valence electrons. The van der Waals surface area contributed by atoms with Crippen LogP contribution in [0.15, 0.2) is 0 Å². The molecule has 0 aliphatic carbocycles. The number of rotatable bonds is 6. The number of carbonyl (C=O) groups excluding carboxylic acids is 2. The predicted octanol–water partition coefficient (Wildman–Crippen LogP) is -0.927. The van der Waals surface area contributed by atoms with Crippen molar-refractivity contribution in [1.82, 2.24) is 15.5 Å². The second-order valence-corrected chi connectivity index (χ2v) is 2.52. The zero-order chi connectivity index (χ0) is 14.5. The van der Waals surface area contributed by atoms with Crippen LogP contribution in [0.3, 0.4) is 0 Å². The molecule has 0 aromatic heterocycles. The number of hydrogen-bond acceptors (Lipinski definition) is 8. The first-order valence-corrected chi connectivity index (χ1v) is 4.53. The Balaban J connectivity index is 4.40. The molecule has 0 bridgehead atoms. The molecule has 0 saturated heterocycles. The molecule has 19 heavy (non-hydrogen) atoms. The van der Waals surface area contributed by atoms with Crippen LogP contribution in [0.1, 0.15) is 0 Å². The number of carbonyl (C=O) groups is 2. The summed E-state index contributed by atoms with van der Waals surface area (Å²) in [6.07, 6.45) is 3.88. The highest BCUT2D eigenvalue weighted by Gasteiger charge is 2.21. The van der Waals surface area contributed by atoms with Crippen molar-refractivity contribution in [2.24, 2.45) is 0 Å². The van der Waals surface area contributed by atoms with E-state index in [0.29, 0.717) is 4.90 Å². The summed E-state index contributed by atoms with van der Waals surface area (Å²) in [6.45, 7) is -1.58. The number of amides is 4. The Morgan fingerprint density at radius 3 is 1.68 bits per heavy atom. The van der Waals surface area contributed by atoms with E-state index in [0.717, 1.165) is 0 Å². The average Bonchev–Trinajstić information content (AvgIpc) is 2.40. The molecule has 0 unspecified atom stereocenters. The van der Waals surface area contributed by atoms with Crippen LogP contribution in [0.5, 0.6) is 0 Å². The Kier molecular flexibility index (Phi) is 8.06. The lowest BCUT2D eigenvalue weighted by Gasteiger charge is -2.18. The summed E-state index contributed by atoms with van der Waals surface area (Å²) in [5.74, 6) is 0. The fourth-order valence-corrected chi connectivity index (χ4v) is 0.754. The van der Waals surface area contributed by atoms with Gasteiger partial charge >= 0.3 is 12.1 Å². The summed E-state index contributed by atoms with van der Waals surface area (Å²) in [7, 11) is 0. The van der Waals surface area contributed by atoms with Crippen LogP contribution >= 0.6 is 0 Å². The molecule has 0 atom stereocenters. The summed E-state index contributed by atoms with van der Waals surface area (Å²) in [5, 5.41) is 28.5. The molecule has 0 saturated carbocycles. The highest BCUT2D eigenvalue weighted by Crippen LogP contribution is 1.92. The zero-order valence-corrected chi connectivity index (χ0v) is 9.45. The fraction of sp³-hybridized carbons (Fsp3) is 0.375. The Hall–Kier alpha value is -3.39. The largest absolute Gasteiger partial charge is 0.405 e. The molecule has 4 amide bonds. The van der Waals surface area contributed by atoms with Crippen molar-refractivity contribution >= 4 is 12.1 Å². The maximum Gasteiger partial charge on any atom is 0.331 e. The number of imide groups is 1. The van der Waals surface area contributed by atoms with Gasteiger partial charge in [-0.3, -0.25) is 0 Å². The van der Waals surface area contributed by atoms with Crippen molar-refractivity contribution < 1.29 is 23.8 Å². The third-order valence-corrected chi connectivity index (χ3v) is 1.47. The van der Waals surface area contributed by atoms with Gasteiger partial charge in [0.2, 0.25) is 0 Å². The zero-order valence-electron chi connectivity index (χ0n) is 9.45. The highest BCUT2D eigenvalue weighted by atomic mass is 16.5. The first kappa shape index (κ1) is 15.6. The van der Waals surface area contributed by atoms with Crippen LogP contribution in [0.4, 0.5) is 9.59 Å². The Labute approximate surface area is 107 Å². The lowest BCUT2D eigenvalue weighted by Crippen LogP contribution is -2.49. The molecular weight excluding hydrogens is 260 g/mol. The quantitative estimate of drug-likeness (QED) is 0.355. The van der Waals surface area contributed by atoms with Gasteiger partial charge in [0.15, 0.2) is 20.2 Å². The van der Waals surface area contributed by atoms with Crippen molar-refractivity contribution in [3.05, 3.63) is 0 Å². The van der Waals surface area contributed by atoms with Gasteiger partial charge in [-0.2, -0.15) is 15.8 Å². The minimum atomic E-state index is -0.972. The number of hydrogen-bond donors (Lipinski definition) is 2. The van der Waals surface area contributed by atoms with E-state index in [-0.39, 0.29) is 0 Å². The van der Waals surface area contributed by atoms with Crippen LogP contribution in [0.25, 0.3) is 0 Å².